The highest BCUT2D eigenvalue weighted by atomic mass is 35.5. The van der Waals surface area contributed by atoms with Crippen LogP contribution in [-0.2, 0) is 15.1 Å². The number of hydrogen-bond acceptors (Lipinski definition) is 4. The summed E-state index contributed by atoms with van der Waals surface area (Å²) >= 11 is 5.34. The van der Waals surface area contributed by atoms with Crippen LogP contribution in [0.3, 0.4) is 0 Å². The maximum Gasteiger partial charge on any atom is 0.310 e. The number of anilines is 1. The molecule has 0 saturated heterocycles. The van der Waals surface area contributed by atoms with Crippen molar-refractivity contribution in [3.05, 3.63) is 48.5 Å². The molecule has 0 aliphatic heterocycles. The maximum absolute atomic E-state index is 14.1. The van der Waals surface area contributed by atoms with Gasteiger partial charge in [0.1, 0.15) is 11.2 Å². The van der Waals surface area contributed by atoms with Crippen LogP contribution in [0.15, 0.2) is 47.9 Å². The van der Waals surface area contributed by atoms with Gasteiger partial charge in [-0.05, 0) is 44.0 Å². The molecule has 0 bridgehead atoms. The molecule has 1 aromatic heterocycles. The van der Waals surface area contributed by atoms with Gasteiger partial charge in [-0.25, -0.2) is 23.1 Å². The van der Waals surface area contributed by atoms with Gasteiger partial charge >= 0.3 is 10.2 Å². The van der Waals surface area contributed by atoms with Gasteiger partial charge in [-0.2, -0.15) is 0 Å². The quantitative estimate of drug-likeness (QED) is 0.295. The zero-order chi connectivity index (χ0) is 27.9. The Kier molecular flexibility index (Phi) is 7.00. The molecule has 1 aromatic carbocycles. The summed E-state index contributed by atoms with van der Waals surface area (Å²) in [6.45, 7) is 1.08. The number of halogens is 9. The van der Waals surface area contributed by atoms with Crippen LogP contribution in [0.2, 0.25) is 0 Å². The van der Waals surface area contributed by atoms with Gasteiger partial charge in [-0.15, -0.1) is 0 Å². The van der Waals surface area contributed by atoms with E-state index in [1.807, 2.05) is 0 Å². The maximum atomic E-state index is 14.1. The first-order valence-corrected chi connectivity index (χ1v) is 13.0. The number of hydrogen-bond donors (Lipinski definition) is 1. The van der Waals surface area contributed by atoms with Crippen molar-refractivity contribution in [3.63, 3.8) is 0 Å². The lowest BCUT2D eigenvalue weighted by molar-refractivity contribution is -0.132. The average molecular weight is 581 g/mol. The monoisotopic (exact) mass is 580 g/mol. The summed E-state index contributed by atoms with van der Waals surface area (Å²) in [5.41, 5.74) is -5.85. The van der Waals surface area contributed by atoms with E-state index in [1.165, 1.54) is 0 Å². The second kappa shape index (κ2) is 8.96. The van der Waals surface area contributed by atoms with Crippen LogP contribution < -0.4 is 10.2 Å². The summed E-state index contributed by atoms with van der Waals surface area (Å²) in [4.78, 5) is 32.1. The normalized spacial score (nSPS) is 20.6. The van der Waals surface area contributed by atoms with Crippen LogP contribution in [0.25, 0.3) is 0 Å². The smallest absolute Gasteiger partial charge is 0.310 e. The van der Waals surface area contributed by atoms with Crippen LogP contribution in [0.1, 0.15) is 38.2 Å². The van der Waals surface area contributed by atoms with E-state index in [0.717, 1.165) is 25.6 Å². The first kappa shape index (κ1) is 28.9. The summed E-state index contributed by atoms with van der Waals surface area (Å²) in [6, 6.07) is 0.117. The predicted octanol–water partition coefficient (Wildman–Crippen LogP) is 6.61. The Hall–Kier alpha value is -2.68. The Morgan fingerprint density at radius 2 is 1.59 bits per heavy atom. The standard InChI is InChI=1S/C21H21ClF8N4O2S/c1-20(13-10-31-12-32-11-13,19(36)33-14-6-8-21(24,25)9-7-14)34(18(35)17(22)23)15-2-4-16(5-3-15)37(26,27,28,29)30/h2-5,10-12,14,17H,6-9H2,1H3,(H,33,36)/t17-,20?/m0/s1. The SMILES string of the molecule is CC(C(=O)NC1CCC(F)(F)CC1)(c1cncnc1)N(C(=O)[C@H](F)Cl)c1ccc(S(F)(F)(F)(F)F)cc1. The van der Waals surface area contributed by atoms with E-state index in [1.54, 1.807) is 0 Å². The fourth-order valence-electron chi connectivity index (χ4n) is 3.98. The van der Waals surface area contributed by atoms with Crippen LogP contribution in [0, 0.1) is 0 Å². The van der Waals surface area contributed by atoms with Crippen molar-refractivity contribution in [2.45, 2.75) is 60.6 Å². The van der Waals surface area contributed by atoms with E-state index in [4.69, 9.17) is 11.6 Å². The Balaban J connectivity index is 2.11. The topological polar surface area (TPSA) is 75.2 Å². The molecular formula is C21H21ClF8N4O2S. The van der Waals surface area contributed by atoms with E-state index >= 15 is 0 Å². The zero-order valence-electron chi connectivity index (χ0n) is 19.0. The summed E-state index contributed by atoms with van der Waals surface area (Å²) in [5.74, 6) is -5.58. The minimum atomic E-state index is -10.1. The molecule has 0 spiro atoms. The fraction of sp³-hybridized carbons (Fsp3) is 0.429. The van der Waals surface area contributed by atoms with Gasteiger partial charge in [-0.3, -0.25) is 14.5 Å². The summed E-state index contributed by atoms with van der Waals surface area (Å²) in [6.07, 6.45) is 1.85. The van der Waals surface area contributed by atoms with E-state index < -0.39 is 68.6 Å². The highest BCUT2D eigenvalue weighted by molar-refractivity contribution is 8.45. The molecule has 2 atom stereocenters. The second-order valence-electron chi connectivity index (χ2n) is 8.74. The second-order valence-corrected chi connectivity index (χ2v) is 11.5. The lowest BCUT2D eigenvalue weighted by Crippen LogP contribution is -2.60. The van der Waals surface area contributed by atoms with Crippen molar-refractivity contribution in [3.8, 4) is 0 Å². The molecule has 1 N–H and O–H groups in total. The molecule has 6 nitrogen and oxygen atoms in total. The van der Waals surface area contributed by atoms with Crippen molar-refractivity contribution in [2.24, 2.45) is 0 Å². The van der Waals surface area contributed by atoms with Crippen molar-refractivity contribution < 1.29 is 42.2 Å². The first-order chi connectivity index (χ1) is 16.7. The van der Waals surface area contributed by atoms with Crippen molar-refractivity contribution in [1.29, 1.82) is 0 Å². The molecule has 1 aliphatic carbocycles. The van der Waals surface area contributed by atoms with Crippen LogP contribution >= 0.6 is 21.8 Å². The number of nitrogens with zero attached hydrogens (tertiary/aromatic N) is 3. The molecule has 16 heteroatoms. The third kappa shape index (κ3) is 6.43. The molecule has 1 fully saturated rings. The van der Waals surface area contributed by atoms with Crippen molar-refractivity contribution in [1.82, 2.24) is 15.3 Å². The lowest BCUT2D eigenvalue weighted by Gasteiger charge is -2.42. The number of carbonyl (C=O) groups is 2. The number of amides is 2. The highest BCUT2D eigenvalue weighted by Gasteiger charge is 2.65. The van der Waals surface area contributed by atoms with Gasteiger partial charge < -0.3 is 5.32 Å². The Morgan fingerprint density at radius 1 is 1.08 bits per heavy atom. The highest BCUT2D eigenvalue weighted by Crippen LogP contribution is 3.02. The lowest BCUT2D eigenvalue weighted by atomic mass is 9.87. The van der Waals surface area contributed by atoms with Gasteiger partial charge in [0, 0.05) is 42.5 Å². The molecule has 1 unspecified atom stereocenters. The molecule has 0 radical (unpaired) electrons. The molecular weight excluding hydrogens is 560 g/mol. The number of rotatable bonds is 7. The number of benzene rings is 1. The average Bonchev–Trinajstić information content (AvgIpc) is 2.79. The minimum Gasteiger partial charge on any atom is -0.351 e. The molecule has 3 rings (SSSR count). The zero-order valence-corrected chi connectivity index (χ0v) is 20.6. The molecule has 37 heavy (non-hydrogen) atoms. The van der Waals surface area contributed by atoms with Gasteiger partial charge in [0.2, 0.25) is 5.92 Å². The van der Waals surface area contributed by atoms with Crippen molar-refractivity contribution in [2.75, 3.05) is 4.90 Å². The van der Waals surface area contributed by atoms with Gasteiger partial charge in [0.05, 0.1) is 0 Å². The number of alkyl halides is 4. The number of carbonyl (C=O) groups excluding carboxylic acids is 2. The Morgan fingerprint density at radius 3 is 2.05 bits per heavy atom. The minimum absolute atomic E-state index is 0.0122. The first-order valence-electron chi connectivity index (χ1n) is 10.7. The number of aromatic nitrogens is 2. The third-order valence-electron chi connectivity index (χ3n) is 6.01. The van der Waals surface area contributed by atoms with Crippen LogP contribution in [0.4, 0.5) is 38.3 Å². The van der Waals surface area contributed by atoms with Gasteiger partial charge in [0.25, 0.3) is 17.4 Å². The van der Waals surface area contributed by atoms with Crippen molar-refractivity contribution >= 4 is 39.3 Å². The van der Waals surface area contributed by atoms with E-state index in [2.05, 4.69) is 15.3 Å². The Labute approximate surface area is 211 Å². The van der Waals surface area contributed by atoms with Crippen LogP contribution in [-0.4, -0.2) is 39.4 Å². The van der Waals surface area contributed by atoms with Gasteiger partial charge in [-0.1, -0.05) is 31.0 Å². The van der Waals surface area contributed by atoms with E-state index in [0.29, 0.717) is 17.0 Å². The molecule has 1 saturated carbocycles. The molecule has 2 aromatic rings. The summed E-state index contributed by atoms with van der Waals surface area (Å²) < 4.78 is 107. The van der Waals surface area contributed by atoms with E-state index in [-0.39, 0.29) is 30.5 Å². The fourth-order valence-corrected chi connectivity index (χ4v) is 4.73. The molecule has 1 aliphatic rings. The van der Waals surface area contributed by atoms with E-state index in [9.17, 15) is 42.2 Å². The Bertz CT molecular complexity index is 1160. The predicted molar refractivity (Wildman–Crippen MR) is 121 cm³/mol. The molecule has 206 valence electrons. The van der Waals surface area contributed by atoms with Gasteiger partial charge in [0.15, 0.2) is 5.54 Å². The molecule has 2 amide bonds. The summed E-state index contributed by atoms with van der Waals surface area (Å²) in [7, 11) is -10.1. The summed E-state index contributed by atoms with van der Waals surface area (Å²) in [5, 5.41) is 2.51. The number of nitrogens with one attached hydrogen (secondary N) is 1. The van der Waals surface area contributed by atoms with Crippen LogP contribution in [0.5, 0.6) is 0 Å². The largest absolute Gasteiger partial charge is 0.351 e. The third-order valence-corrected chi connectivity index (χ3v) is 7.36. The molecule has 1 heterocycles.